The lowest BCUT2D eigenvalue weighted by Gasteiger charge is -2.31. The molecule has 86 heavy (non-hydrogen) atoms. The van der Waals surface area contributed by atoms with Crippen molar-refractivity contribution in [2.24, 2.45) is 0 Å². The number of allylic oxidation sites excluding steroid dienone is 2. The van der Waals surface area contributed by atoms with Gasteiger partial charge in [0.25, 0.3) is 0 Å². The summed E-state index contributed by atoms with van der Waals surface area (Å²) in [5.41, 5.74) is 24.3. The molecule has 13 aromatic carbocycles. The summed E-state index contributed by atoms with van der Waals surface area (Å²) in [6, 6.07) is 104. The van der Waals surface area contributed by atoms with Gasteiger partial charge in [-0.2, -0.15) is 0 Å². The SMILES string of the molecule is C=C/C=C(\c1oc2ccccc2c1C)N(c1ccccc1)c1ccc(-c2ccc3cc4c(cc3c2)C2(c3ccccc3-c3ccccc32)c2cc3cc(-c5ccc(N(c6ccccc6)c6cccc7c6oc6ccccc67)cc5)ccc3cc2-4)cc1. The number of aryl methyl sites for hydroxylation is 1. The lowest BCUT2D eigenvalue weighted by atomic mass is 9.70. The number of para-hydroxylation sites is 5. The highest BCUT2D eigenvalue weighted by Gasteiger charge is 2.52. The maximum Gasteiger partial charge on any atom is 0.159 e. The molecule has 0 bridgehead atoms. The van der Waals surface area contributed by atoms with Crippen LogP contribution in [0.3, 0.4) is 0 Å². The Morgan fingerprint density at radius 3 is 1.44 bits per heavy atom. The third-order valence-electron chi connectivity index (χ3n) is 18.2. The van der Waals surface area contributed by atoms with E-state index in [1.807, 2.05) is 36.4 Å². The van der Waals surface area contributed by atoms with E-state index in [9.17, 15) is 0 Å². The lowest BCUT2D eigenvalue weighted by Crippen LogP contribution is -2.25. The molecule has 0 unspecified atom stereocenters. The Kier molecular flexibility index (Phi) is 11.2. The van der Waals surface area contributed by atoms with Crippen LogP contribution in [-0.2, 0) is 5.41 Å². The Morgan fingerprint density at radius 1 is 0.372 bits per heavy atom. The summed E-state index contributed by atoms with van der Waals surface area (Å²) in [5.74, 6) is 0.814. The Bertz CT molecular complexity index is 5220. The number of hydrogen-bond donors (Lipinski definition) is 0. The summed E-state index contributed by atoms with van der Waals surface area (Å²) in [6.07, 6.45) is 3.89. The molecule has 0 saturated heterocycles. The van der Waals surface area contributed by atoms with Crippen molar-refractivity contribution in [1.82, 2.24) is 0 Å². The number of benzene rings is 13. The number of anilines is 5. The quantitative estimate of drug-likeness (QED) is 0.128. The number of hydrogen-bond acceptors (Lipinski definition) is 4. The van der Waals surface area contributed by atoms with E-state index in [2.05, 4.69) is 284 Å². The van der Waals surface area contributed by atoms with Crippen molar-refractivity contribution in [1.29, 1.82) is 0 Å². The second kappa shape index (κ2) is 19.5. The first kappa shape index (κ1) is 49.4. The monoisotopic (exact) mass is 1100 g/mol. The molecule has 4 heteroatoms. The molecule has 2 aliphatic carbocycles. The average molecular weight is 1100 g/mol. The molecule has 0 saturated carbocycles. The van der Waals surface area contributed by atoms with E-state index in [0.717, 1.165) is 95.1 Å². The van der Waals surface area contributed by atoms with Crippen molar-refractivity contribution in [2.75, 3.05) is 9.80 Å². The Labute approximate surface area is 498 Å². The normalized spacial score (nSPS) is 12.9. The van der Waals surface area contributed by atoms with Gasteiger partial charge in [0.2, 0.25) is 0 Å². The van der Waals surface area contributed by atoms with Gasteiger partial charge in [0, 0.05) is 44.5 Å². The molecule has 17 rings (SSSR count). The Hall–Kier alpha value is -11.2. The van der Waals surface area contributed by atoms with Gasteiger partial charge in [-0.05, 0) is 204 Å². The maximum atomic E-state index is 6.62. The molecule has 2 aromatic heterocycles. The largest absolute Gasteiger partial charge is 0.454 e. The first-order valence-corrected chi connectivity index (χ1v) is 29.5. The molecule has 4 nitrogen and oxygen atoms in total. The number of nitrogens with zero attached hydrogens (tertiary/aromatic N) is 2. The standard InChI is InChI=1S/C82H54N2O2/c1-3-19-76(80-52(2)65-24-12-16-32-78(65)85-80)83(61-20-6-4-7-21-61)63-42-38-53(39-43-63)55-34-36-57-48-70-71-49-58-37-35-56(47-60(58)51-75(71)82(74(70)50-59(57)46-55)72-29-14-10-25-66(72)67-26-11-15-30-73(67)82)54-40-44-64(45-41-54)84(62-22-8-5-9-23-62)77-31-18-28-69-68-27-13-17-33-79(68)86-81(69)77/h3-51H,1H2,2H3/b76-19+. The third-order valence-corrected chi connectivity index (χ3v) is 18.2. The van der Waals surface area contributed by atoms with Crippen molar-refractivity contribution in [3.05, 3.63) is 337 Å². The minimum Gasteiger partial charge on any atom is -0.454 e. The van der Waals surface area contributed by atoms with Gasteiger partial charge in [0.05, 0.1) is 16.8 Å². The number of rotatable bonds is 10. The summed E-state index contributed by atoms with van der Waals surface area (Å²) >= 11 is 0. The van der Waals surface area contributed by atoms with Crippen LogP contribution >= 0.6 is 0 Å². The first-order valence-electron chi connectivity index (χ1n) is 29.5. The van der Waals surface area contributed by atoms with Gasteiger partial charge in [-0.15, -0.1) is 0 Å². The molecule has 0 amide bonds. The van der Waals surface area contributed by atoms with Gasteiger partial charge >= 0.3 is 0 Å². The molecule has 2 heterocycles. The van der Waals surface area contributed by atoms with E-state index in [0.29, 0.717) is 0 Å². The first-order chi connectivity index (χ1) is 42.5. The summed E-state index contributed by atoms with van der Waals surface area (Å²) < 4.78 is 13.2. The third kappa shape index (κ3) is 7.49. The van der Waals surface area contributed by atoms with E-state index < -0.39 is 5.41 Å². The van der Waals surface area contributed by atoms with Crippen molar-refractivity contribution in [3.8, 4) is 44.5 Å². The van der Waals surface area contributed by atoms with Crippen LogP contribution in [0.25, 0.3) is 105 Å². The molecule has 0 aliphatic heterocycles. The summed E-state index contributed by atoms with van der Waals surface area (Å²) in [4.78, 5) is 4.57. The summed E-state index contributed by atoms with van der Waals surface area (Å²) in [7, 11) is 0. The van der Waals surface area contributed by atoms with E-state index in [4.69, 9.17) is 8.83 Å². The zero-order valence-electron chi connectivity index (χ0n) is 47.2. The molecule has 0 N–H and O–H groups in total. The predicted octanol–water partition coefficient (Wildman–Crippen LogP) is 22.5. The van der Waals surface area contributed by atoms with E-state index >= 15 is 0 Å². The molecule has 0 radical (unpaired) electrons. The van der Waals surface area contributed by atoms with E-state index in [1.165, 1.54) is 71.6 Å². The summed E-state index contributed by atoms with van der Waals surface area (Å²) in [6.45, 7) is 6.28. The van der Waals surface area contributed by atoms with Crippen LogP contribution in [0.5, 0.6) is 0 Å². The highest BCUT2D eigenvalue weighted by Crippen LogP contribution is 2.64. The van der Waals surface area contributed by atoms with Crippen molar-refractivity contribution in [3.63, 3.8) is 0 Å². The second-order valence-electron chi connectivity index (χ2n) is 22.8. The van der Waals surface area contributed by atoms with Crippen molar-refractivity contribution >= 4 is 88.6 Å². The van der Waals surface area contributed by atoms with E-state index in [1.54, 1.807) is 0 Å². The number of fused-ring (bicyclic) bond motifs is 16. The minimum absolute atomic E-state index is 0.533. The van der Waals surface area contributed by atoms with Gasteiger partial charge in [-0.25, -0.2) is 0 Å². The molecule has 15 aromatic rings. The Morgan fingerprint density at radius 2 is 0.849 bits per heavy atom. The van der Waals surface area contributed by atoms with Crippen LogP contribution in [-0.4, -0.2) is 0 Å². The molecular formula is C82H54N2O2. The molecule has 0 atom stereocenters. The Balaban J connectivity index is 0.762. The number of furan rings is 2. The van der Waals surface area contributed by atoms with Gasteiger partial charge in [0.15, 0.2) is 11.3 Å². The van der Waals surface area contributed by atoms with Gasteiger partial charge in [-0.1, -0.05) is 195 Å². The van der Waals surface area contributed by atoms with Crippen molar-refractivity contribution < 1.29 is 8.83 Å². The molecule has 2 aliphatic rings. The highest BCUT2D eigenvalue weighted by atomic mass is 16.3. The van der Waals surface area contributed by atoms with Crippen LogP contribution in [0.4, 0.5) is 28.4 Å². The van der Waals surface area contributed by atoms with Crippen LogP contribution in [0, 0.1) is 6.92 Å². The zero-order valence-corrected chi connectivity index (χ0v) is 47.2. The van der Waals surface area contributed by atoms with Gasteiger partial charge < -0.3 is 18.6 Å². The minimum atomic E-state index is -0.533. The molecule has 404 valence electrons. The lowest BCUT2D eigenvalue weighted by molar-refractivity contribution is 0.595. The van der Waals surface area contributed by atoms with Crippen LogP contribution in [0.1, 0.15) is 33.6 Å². The molecule has 1 spiro atoms. The molecule has 0 fully saturated rings. The predicted molar refractivity (Wildman–Crippen MR) is 358 cm³/mol. The fraction of sp³-hybridized carbons (Fsp3) is 0.0244. The fourth-order valence-corrected chi connectivity index (χ4v) is 14.3. The summed E-state index contributed by atoms with van der Waals surface area (Å²) in [5, 5.41) is 8.15. The van der Waals surface area contributed by atoms with Crippen LogP contribution < -0.4 is 9.80 Å². The smallest absolute Gasteiger partial charge is 0.159 e. The molecular weight excluding hydrogens is 1040 g/mol. The average Bonchev–Trinajstić information content (AvgIpc) is 1.51. The highest BCUT2D eigenvalue weighted by molar-refractivity contribution is 6.11. The van der Waals surface area contributed by atoms with Gasteiger partial charge in [-0.3, -0.25) is 0 Å². The van der Waals surface area contributed by atoms with Crippen molar-refractivity contribution in [2.45, 2.75) is 12.3 Å². The maximum absolute atomic E-state index is 6.62. The zero-order chi connectivity index (χ0) is 57.0. The van der Waals surface area contributed by atoms with Gasteiger partial charge in [0.1, 0.15) is 11.2 Å². The van der Waals surface area contributed by atoms with Crippen LogP contribution in [0.2, 0.25) is 0 Å². The second-order valence-corrected chi connectivity index (χ2v) is 22.8. The fourth-order valence-electron chi connectivity index (χ4n) is 14.3. The van der Waals surface area contributed by atoms with E-state index in [-0.39, 0.29) is 0 Å². The topological polar surface area (TPSA) is 32.8 Å². The van der Waals surface area contributed by atoms with Crippen LogP contribution in [0.15, 0.2) is 313 Å².